The number of aromatic amines is 1. The van der Waals surface area contributed by atoms with Gasteiger partial charge in [0.05, 0.1) is 16.2 Å². The van der Waals surface area contributed by atoms with Crippen LogP contribution in [0, 0.1) is 0 Å². The van der Waals surface area contributed by atoms with Gasteiger partial charge in [0.1, 0.15) is 5.65 Å². The van der Waals surface area contributed by atoms with Gasteiger partial charge in [0.15, 0.2) is 0 Å². The van der Waals surface area contributed by atoms with Crippen LogP contribution in [0.2, 0.25) is 0 Å². The maximum absolute atomic E-state index is 11.9. The van der Waals surface area contributed by atoms with Crippen LogP contribution in [-0.4, -0.2) is 29.5 Å². The fourth-order valence-corrected chi connectivity index (χ4v) is 3.74. The van der Waals surface area contributed by atoms with Gasteiger partial charge in [-0.3, -0.25) is 0 Å². The molecular weight excluding hydrogens is 416 g/mol. The molecule has 5 N–H and O–H groups in total. The van der Waals surface area contributed by atoms with E-state index in [1.165, 1.54) is 12.1 Å². The maximum atomic E-state index is 11.9. The Balaban J connectivity index is 1.77. The Bertz CT molecular complexity index is 1390. The van der Waals surface area contributed by atoms with Gasteiger partial charge in [0.25, 0.3) is 0 Å². The first kappa shape index (κ1) is 20.3. The van der Waals surface area contributed by atoms with Crippen LogP contribution >= 0.6 is 0 Å². The third-order valence-corrected chi connectivity index (χ3v) is 5.61. The fourth-order valence-electron chi connectivity index (χ4n) is 3.22. The van der Waals surface area contributed by atoms with E-state index in [1.807, 2.05) is 6.07 Å². The van der Waals surface area contributed by atoms with Gasteiger partial charge in [-0.15, -0.1) is 0 Å². The molecule has 0 saturated carbocycles. The molecular formula is C22H18N4O4S. The summed E-state index contributed by atoms with van der Waals surface area (Å²) in [6, 6.07) is 16.6. The molecule has 0 atom stereocenters. The second-order valence-corrected chi connectivity index (χ2v) is 8.31. The van der Waals surface area contributed by atoms with E-state index in [4.69, 9.17) is 5.14 Å². The molecule has 31 heavy (non-hydrogen) atoms. The van der Waals surface area contributed by atoms with Gasteiger partial charge >= 0.3 is 5.97 Å². The molecule has 0 aliphatic rings. The highest BCUT2D eigenvalue weighted by Crippen LogP contribution is 2.31. The normalized spacial score (nSPS) is 12.1. The number of sulfonamides is 1. The summed E-state index contributed by atoms with van der Waals surface area (Å²) in [7, 11) is -3.78. The number of aromatic nitrogens is 2. The lowest BCUT2D eigenvalue weighted by atomic mass is 10.0. The summed E-state index contributed by atoms with van der Waals surface area (Å²) in [5.74, 6) is -1.04. The number of carboxylic acids is 1. The van der Waals surface area contributed by atoms with E-state index in [9.17, 15) is 18.3 Å². The Morgan fingerprint density at radius 1 is 1.06 bits per heavy atom. The van der Waals surface area contributed by atoms with Crippen LogP contribution in [0.15, 0.2) is 78.0 Å². The molecule has 2 heterocycles. The smallest absolute Gasteiger partial charge is 0.336 e. The van der Waals surface area contributed by atoms with Gasteiger partial charge in [0, 0.05) is 29.0 Å². The number of H-pyrrole nitrogens is 1. The number of nitrogens with zero attached hydrogens (tertiary/aromatic N) is 1. The van der Waals surface area contributed by atoms with Gasteiger partial charge in [-0.1, -0.05) is 30.3 Å². The van der Waals surface area contributed by atoms with E-state index in [0.29, 0.717) is 33.5 Å². The zero-order chi connectivity index (χ0) is 22.0. The number of aliphatic carboxylic acids is 1. The summed E-state index contributed by atoms with van der Waals surface area (Å²) < 4.78 is 22.9. The van der Waals surface area contributed by atoms with Gasteiger partial charge in [-0.25, -0.2) is 23.3 Å². The first-order chi connectivity index (χ1) is 14.8. The first-order valence-electron chi connectivity index (χ1n) is 9.19. The van der Waals surface area contributed by atoms with E-state index in [1.54, 1.807) is 60.9 Å². The summed E-state index contributed by atoms with van der Waals surface area (Å²) in [4.78, 5) is 19.3. The third kappa shape index (κ3) is 4.32. The molecule has 8 nitrogen and oxygen atoms in total. The van der Waals surface area contributed by atoms with Crippen LogP contribution in [0.4, 0.5) is 11.4 Å². The van der Waals surface area contributed by atoms with E-state index < -0.39 is 16.0 Å². The number of fused-ring (bicyclic) bond motifs is 1. The molecule has 0 aliphatic heterocycles. The van der Waals surface area contributed by atoms with Crippen molar-refractivity contribution in [1.29, 1.82) is 0 Å². The molecule has 0 radical (unpaired) electrons. The first-order valence-corrected chi connectivity index (χ1v) is 10.7. The number of hydrogen-bond donors (Lipinski definition) is 4. The standard InChI is InChI=1S/C22H18N4O4S/c23-31(29,30)17-8-6-16(7-9-17)26-19-10-11-24-21-20(19)15(13-25-21)12-18(22(27)28)14-4-2-1-3-5-14/h1-13H,(H,27,28)(H2,23,29,30)(H2,24,25,26). The van der Waals surface area contributed by atoms with Crippen molar-refractivity contribution in [2.24, 2.45) is 5.14 Å². The van der Waals surface area contributed by atoms with Gasteiger partial charge in [-0.2, -0.15) is 0 Å². The molecule has 0 bridgehead atoms. The second kappa shape index (κ2) is 8.05. The number of nitrogens with two attached hydrogens (primary N) is 1. The second-order valence-electron chi connectivity index (χ2n) is 6.75. The summed E-state index contributed by atoms with van der Waals surface area (Å²) >= 11 is 0. The number of anilines is 2. The summed E-state index contributed by atoms with van der Waals surface area (Å²) in [6.07, 6.45) is 4.90. The van der Waals surface area contributed by atoms with Crippen LogP contribution < -0.4 is 10.5 Å². The predicted molar refractivity (Wildman–Crippen MR) is 119 cm³/mol. The lowest BCUT2D eigenvalue weighted by molar-refractivity contribution is -0.130. The molecule has 2 aromatic carbocycles. The van der Waals surface area contributed by atoms with Gasteiger partial charge in [0.2, 0.25) is 10.0 Å². The van der Waals surface area contributed by atoms with Crippen LogP contribution in [0.5, 0.6) is 0 Å². The number of benzene rings is 2. The lowest BCUT2D eigenvalue weighted by Gasteiger charge is -2.09. The largest absolute Gasteiger partial charge is 0.478 e. The molecule has 4 aromatic rings. The number of carboxylic acid groups (broad SMARTS) is 1. The Hall–Kier alpha value is -3.95. The molecule has 0 spiro atoms. The maximum Gasteiger partial charge on any atom is 0.336 e. The molecule has 0 fully saturated rings. The number of primary sulfonamides is 1. The van der Waals surface area contributed by atoms with Crippen molar-refractivity contribution in [3.63, 3.8) is 0 Å². The number of pyridine rings is 1. The van der Waals surface area contributed by atoms with Crippen LogP contribution in [-0.2, 0) is 14.8 Å². The van der Waals surface area contributed by atoms with Gasteiger partial charge < -0.3 is 15.4 Å². The summed E-state index contributed by atoms with van der Waals surface area (Å²) in [5, 5.41) is 18.8. The Morgan fingerprint density at radius 2 is 1.77 bits per heavy atom. The minimum absolute atomic E-state index is 0.0113. The number of nitrogens with one attached hydrogen (secondary N) is 2. The molecule has 0 aliphatic carbocycles. The van der Waals surface area contributed by atoms with Crippen molar-refractivity contribution < 1.29 is 18.3 Å². The predicted octanol–water partition coefficient (Wildman–Crippen LogP) is 3.58. The van der Waals surface area contributed by atoms with Crippen LogP contribution in [0.1, 0.15) is 11.1 Å². The molecule has 156 valence electrons. The van der Waals surface area contributed by atoms with Crippen molar-refractivity contribution in [1.82, 2.24) is 9.97 Å². The molecule has 0 amide bonds. The van der Waals surface area contributed by atoms with E-state index in [-0.39, 0.29) is 10.5 Å². The van der Waals surface area contributed by atoms with Crippen molar-refractivity contribution in [2.45, 2.75) is 4.90 Å². The van der Waals surface area contributed by atoms with E-state index in [2.05, 4.69) is 15.3 Å². The SMILES string of the molecule is NS(=O)(=O)c1ccc(Nc2ccnc3[nH]cc(C=C(C(=O)O)c4ccccc4)c23)cc1. The van der Waals surface area contributed by atoms with Crippen molar-refractivity contribution in [2.75, 3.05) is 5.32 Å². The molecule has 0 unspecified atom stereocenters. The summed E-state index contributed by atoms with van der Waals surface area (Å²) in [5.41, 5.74) is 3.27. The highest BCUT2D eigenvalue weighted by atomic mass is 32.2. The highest BCUT2D eigenvalue weighted by molar-refractivity contribution is 7.89. The Morgan fingerprint density at radius 3 is 2.42 bits per heavy atom. The quantitative estimate of drug-likeness (QED) is 0.342. The van der Waals surface area contributed by atoms with Crippen molar-refractivity contribution >= 4 is 50.0 Å². The summed E-state index contributed by atoms with van der Waals surface area (Å²) in [6.45, 7) is 0. The molecule has 4 rings (SSSR count). The minimum atomic E-state index is -3.78. The topological polar surface area (TPSA) is 138 Å². The molecule has 9 heteroatoms. The van der Waals surface area contributed by atoms with Gasteiger partial charge in [-0.05, 0) is 42.0 Å². The number of hydrogen-bond acceptors (Lipinski definition) is 5. The number of carbonyl (C=O) groups is 1. The third-order valence-electron chi connectivity index (χ3n) is 4.68. The highest BCUT2D eigenvalue weighted by Gasteiger charge is 2.14. The van der Waals surface area contributed by atoms with E-state index in [0.717, 1.165) is 0 Å². The zero-order valence-corrected chi connectivity index (χ0v) is 16.9. The molecule has 0 saturated heterocycles. The monoisotopic (exact) mass is 434 g/mol. The molecule has 2 aromatic heterocycles. The minimum Gasteiger partial charge on any atom is -0.478 e. The number of rotatable bonds is 6. The van der Waals surface area contributed by atoms with E-state index >= 15 is 0 Å². The fraction of sp³-hybridized carbons (Fsp3) is 0. The lowest BCUT2D eigenvalue weighted by Crippen LogP contribution is -2.11. The Labute approximate surface area is 178 Å². The average molecular weight is 434 g/mol. The van der Waals surface area contributed by atoms with Crippen molar-refractivity contribution in [3.8, 4) is 0 Å². The zero-order valence-electron chi connectivity index (χ0n) is 16.1. The van der Waals surface area contributed by atoms with Crippen LogP contribution in [0.25, 0.3) is 22.7 Å². The Kier molecular flexibility index (Phi) is 5.28. The van der Waals surface area contributed by atoms with Crippen LogP contribution in [0.3, 0.4) is 0 Å². The van der Waals surface area contributed by atoms with Crippen molar-refractivity contribution in [3.05, 3.63) is 84.2 Å². The average Bonchev–Trinajstić information content (AvgIpc) is 3.16.